The molecule has 0 saturated carbocycles. The van der Waals surface area contributed by atoms with E-state index in [9.17, 15) is 9.59 Å². The van der Waals surface area contributed by atoms with Gasteiger partial charge in [-0.25, -0.2) is 0 Å². The molecule has 2 fully saturated rings. The molecule has 4 heterocycles. The van der Waals surface area contributed by atoms with Crippen molar-refractivity contribution in [2.45, 2.75) is 57.9 Å². The van der Waals surface area contributed by atoms with Crippen molar-refractivity contribution in [1.82, 2.24) is 15.0 Å². The molecule has 7 nitrogen and oxygen atoms in total. The van der Waals surface area contributed by atoms with Gasteiger partial charge in [-0.15, -0.1) is 0 Å². The maximum atomic E-state index is 13.2. The zero-order chi connectivity index (χ0) is 19.3. The molecule has 1 spiro atoms. The summed E-state index contributed by atoms with van der Waals surface area (Å²) in [5.41, 5.74) is 0.0600. The summed E-state index contributed by atoms with van der Waals surface area (Å²) >= 11 is 0. The maximum Gasteiger partial charge on any atom is 0.230 e. The predicted molar refractivity (Wildman–Crippen MR) is 97.5 cm³/mol. The number of aryl methyl sites for hydroxylation is 1. The van der Waals surface area contributed by atoms with E-state index in [2.05, 4.69) is 19.0 Å². The molecular weight excluding hydrogens is 346 g/mol. The Labute approximate surface area is 159 Å². The van der Waals surface area contributed by atoms with Gasteiger partial charge in [-0.1, -0.05) is 31.2 Å². The topological polar surface area (TPSA) is 75.9 Å². The molecule has 2 amide bonds. The van der Waals surface area contributed by atoms with Gasteiger partial charge in [0.2, 0.25) is 11.8 Å². The maximum absolute atomic E-state index is 13.2. The van der Waals surface area contributed by atoms with Crippen LogP contribution in [0.2, 0.25) is 0 Å². The van der Waals surface area contributed by atoms with Crippen molar-refractivity contribution in [2.75, 3.05) is 13.6 Å². The van der Waals surface area contributed by atoms with Crippen molar-refractivity contribution in [3.63, 3.8) is 0 Å². The standard InChI is InChI=1S/C20H27N3O4/c1-5-14(6-2)23-11-20-8-7-15(26-20)16(17(20)19(23)25)18(24)22(4)10-13-9-12(3)27-21-13/h7-9,14-17H,5-6,10-11H2,1-4H3/t15-,16-,17-,20-/m0/s1. The molecular formula is C20H27N3O4. The first-order chi connectivity index (χ1) is 12.9. The highest BCUT2D eigenvalue weighted by Gasteiger charge is 2.67. The van der Waals surface area contributed by atoms with Crippen molar-refractivity contribution in [3.05, 3.63) is 29.7 Å². The summed E-state index contributed by atoms with van der Waals surface area (Å²) in [5, 5.41) is 3.96. The van der Waals surface area contributed by atoms with Crippen molar-refractivity contribution >= 4 is 11.8 Å². The summed E-state index contributed by atoms with van der Waals surface area (Å²) in [5.74, 6) is -0.207. The van der Waals surface area contributed by atoms with Crippen molar-refractivity contribution in [2.24, 2.45) is 11.8 Å². The Bertz CT molecular complexity index is 784. The number of amides is 2. The van der Waals surface area contributed by atoms with Crippen molar-refractivity contribution in [3.8, 4) is 0 Å². The number of fused-ring (bicyclic) bond motifs is 1. The number of nitrogens with zero attached hydrogens (tertiary/aromatic N) is 3. The van der Waals surface area contributed by atoms with Crippen LogP contribution in [-0.2, 0) is 20.9 Å². The van der Waals surface area contributed by atoms with E-state index in [1.807, 2.05) is 30.0 Å². The van der Waals surface area contributed by atoms with E-state index in [1.165, 1.54) is 0 Å². The van der Waals surface area contributed by atoms with Gasteiger partial charge in [0, 0.05) is 19.2 Å². The number of carbonyl (C=O) groups excluding carboxylic acids is 2. The Kier molecular flexibility index (Phi) is 4.37. The second-order valence-electron chi connectivity index (χ2n) is 7.96. The first kappa shape index (κ1) is 18.2. The molecule has 1 aromatic heterocycles. The van der Waals surface area contributed by atoms with Crippen LogP contribution in [0, 0.1) is 18.8 Å². The molecule has 4 atom stereocenters. The van der Waals surface area contributed by atoms with Crippen LogP contribution in [-0.4, -0.2) is 58.1 Å². The predicted octanol–water partition coefficient (Wildman–Crippen LogP) is 1.91. The third-order valence-corrected chi connectivity index (χ3v) is 6.25. The highest BCUT2D eigenvalue weighted by atomic mass is 16.5. The lowest BCUT2D eigenvalue weighted by atomic mass is 9.76. The van der Waals surface area contributed by atoms with E-state index in [0.29, 0.717) is 24.5 Å². The van der Waals surface area contributed by atoms with Gasteiger partial charge >= 0.3 is 0 Å². The Balaban J connectivity index is 1.56. The van der Waals surface area contributed by atoms with Crippen LogP contribution < -0.4 is 0 Å². The van der Waals surface area contributed by atoms with Crippen LogP contribution in [0.25, 0.3) is 0 Å². The average molecular weight is 373 g/mol. The Hall–Kier alpha value is -2.15. The van der Waals surface area contributed by atoms with E-state index in [4.69, 9.17) is 9.26 Å². The second-order valence-corrected chi connectivity index (χ2v) is 7.96. The molecule has 7 heteroatoms. The fraction of sp³-hybridized carbons (Fsp3) is 0.650. The van der Waals surface area contributed by atoms with Crippen LogP contribution in [0.15, 0.2) is 22.7 Å². The minimum Gasteiger partial charge on any atom is -0.361 e. The second kappa shape index (κ2) is 6.48. The van der Waals surface area contributed by atoms with Gasteiger partial charge in [-0.05, 0) is 19.8 Å². The first-order valence-corrected chi connectivity index (χ1v) is 9.75. The number of likely N-dealkylation sites (tertiary alicyclic amines) is 1. The molecule has 146 valence electrons. The van der Waals surface area contributed by atoms with Crippen molar-refractivity contribution < 1.29 is 18.8 Å². The molecule has 4 rings (SSSR count). The van der Waals surface area contributed by atoms with Gasteiger partial charge in [0.15, 0.2) is 0 Å². The minimum atomic E-state index is -0.643. The molecule has 0 N–H and O–H groups in total. The molecule has 2 bridgehead atoms. The lowest BCUT2D eigenvalue weighted by molar-refractivity contribution is -0.143. The fourth-order valence-electron chi connectivity index (χ4n) is 4.92. The molecule has 3 aliphatic rings. The van der Waals surface area contributed by atoms with Crippen LogP contribution in [0.3, 0.4) is 0 Å². The van der Waals surface area contributed by atoms with Gasteiger partial charge in [0.25, 0.3) is 0 Å². The highest BCUT2D eigenvalue weighted by Crippen LogP contribution is 2.52. The normalized spacial score (nSPS) is 31.2. The smallest absolute Gasteiger partial charge is 0.230 e. The fourth-order valence-corrected chi connectivity index (χ4v) is 4.92. The third kappa shape index (κ3) is 2.71. The number of aromatic nitrogens is 1. The third-order valence-electron chi connectivity index (χ3n) is 6.25. The van der Waals surface area contributed by atoms with Gasteiger partial charge < -0.3 is 19.1 Å². The zero-order valence-corrected chi connectivity index (χ0v) is 16.3. The van der Waals surface area contributed by atoms with Gasteiger partial charge in [-0.3, -0.25) is 9.59 Å². The van der Waals surface area contributed by atoms with E-state index >= 15 is 0 Å². The van der Waals surface area contributed by atoms with Crippen LogP contribution >= 0.6 is 0 Å². The monoisotopic (exact) mass is 373 g/mol. The van der Waals surface area contributed by atoms with Gasteiger partial charge in [-0.2, -0.15) is 0 Å². The number of ether oxygens (including phenoxy) is 1. The molecule has 0 aromatic carbocycles. The molecule has 0 radical (unpaired) electrons. The summed E-state index contributed by atoms with van der Waals surface area (Å²) in [6.45, 7) is 6.91. The molecule has 0 aliphatic carbocycles. The van der Waals surface area contributed by atoms with E-state index in [1.54, 1.807) is 11.9 Å². The van der Waals surface area contributed by atoms with Crippen LogP contribution in [0.5, 0.6) is 0 Å². The zero-order valence-electron chi connectivity index (χ0n) is 16.3. The van der Waals surface area contributed by atoms with Gasteiger partial charge in [0.1, 0.15) is 17.1 Å². The Morgan fingerprint density at radius 3 is 2.81 bits per heavy atom. The molecule has 27 heavy (non-hydrogen) atoms. The van der Waals surface area contributed by atoms with Gasteiger partial charge in [0.05, 0.1) is 31.0 Å². The average Bonchev–Trinajstić information content (AvgIpc) is 3.38. The van der Waals surface area contributed by atoms with Crippen LogP contribution in [0.1, 0.15) is 38.1 Å². The molecule has 1 aromatic rings. The summed E-state index contributed by atoms with van der Waals surface area (Å²) in [7, 11) is 1.74. The quantitative estimate of drug-likeness (QED) is 0.712. The first-order valence-electron chi connectivity index (χ1n) is 9.75. The van der Waals surface area contributed by atoms with Crippen molar-refractivity contribution in [1.29, 1.82) is 0 Å². The lowest BCUT2D eigenvalue weighted by Gasteiger charge is -2.29. The SMILES string of the molecule is CCC(CC)N1C[C@]23C=C[C@H](O2)[C@H](C(=O)N(C)Cc2cc(C)on2)[C@H]3C1=O. The number of carbonyl (C=O) groups is 2. The molecule has 2 saturated heterocycles. The molecule has 0 unspecified atom stereocenters. The van der Waals surface area contributed by atoms with Crippen LogP contribution in [0.4, 0.5) is 0 Å². The lowest BCUT2D eigenvalue weighted by Crippen LogP contribution is -2.45. The van der Waals surface area contributed by atoms with E-state index in [0.717, 1.165) is 12.8 Å². The number of hydrogen-bond acceptors (Lipinski definition) is 5. The number of rotatable bonds is 6. The summed E-state index contributed by atoms with van der Waals surface area (Å²) in [6.07, 6.45) is 5.45. The van der Waals surface area contributed by atoms with E-state index in [-0.39, 0.29) is 24.0 Å². The Morgan fingerprint density at radius 1 is 1.44 bits per heavy atom. The Morgan fingerprint density at radius 2 is 2.19 bits per heavy atom. The summed E-state index contributed by atoms with van der Waals surface area (Å²) in [6, 6.07) is 2.01. The minimum absolute atomic E-state index is 0.0552. The van der Waals surface area contributed by atoms with E-state index < -0.39 is 17.4 Å². The number of hydrogen-bond donors (Lipinski definition) is 0. The summed E-state index contributed by atoms with van der Waals surface area (Å²) < 4.78 is 11.3. The highest BCUT2D eigenvalue weighted by molar-refractivity contribution is 5.93. The largest absolute Gasteiger partial charge is 0.361 e. The summed E-state index contributed by atoms with van der Waals surface area (Å²) in [4.78, 5) is 30.0. The molecule has 3 aliphatic heterocycles.